The number of aromatic nitrogens is 1. The zero-order valence-electron chi connectivity index (χ0n) is 14.7. The molecule has 3 heterocycles. The summed E-state index contributed by atoms with van der Waals surface area (Å²) in [5.41, 5.74) is 2.10. The quantitative estimate of drug-likeness (QED) is 0.860. The van der Waals surface area contributed by atoms with Gasteiger partial charge < -0.3 is 19.5 Å². The smallest absolute Gasteiger partial charge is 0.254 e. The standard InChI is InChI=1S/C19H23N3O3/c1-19-17-14(13-6-3-4-7-15(13)20-17)8-10-22(19)16(23)12-21(18(19)24)9-5-11-25-2/h3-4,6-7,20H,5,8-12H2,1-2H3. The molecule has 0 saturated carbocycles. The van der Waals surface area contributed by atoms with Gasteiger partial charge in [-0.05, 0) is 31.4 Å². The number of para-hydroxylation sites is 1. The van der Waals surface area contributed by atoms with E-state index >= 15 is 0 Å². The molecule has 2 aliphatic rings. The Balaban J connectivity index is 1.78. The molecule has 2 amide bonds. The van der Waals surface area contributed by atoms with Crippen LogP contribution in [0.4, 0.5) is 0 Å². The summed E-state index contributed by atoms with van der Waals surface area (Å²) < 4.78 is 5.08. The summed E-state index contributed by atoms with van der Waals surface area (Å²) in [6.45, 7) is 3.74. The number of fused-ring (bicyclic) bond motifs is 5. The Morgan fingerprint density at radius 2 is 2.08 bits per heavy atom. The van der Waals surface area contributed by atoms with Crippen LogP contribution < -0.4 is 0 Å². The molecule has 2 aromatic rings. The van der Waals surface area contributed by atoms with Gasteiger partial charge in [0.15, 0.2) is 5.54 Å². The predicted molar refractivity (Wildman–Crippen MR) is 94.1 cm³/mol. The molecule has 1 N–H and O–H groups in total. The lowest BCUT2D eigenvalue weighted by Gasteiger charge is -2.49. The average molecular weight is 341 g/mol. The molecule has 0 spiro atoms. The number of ether oxygens (including phenoxy) is 1. The summed E-state index contributed by atoms with van der Waals surface area (Å²) in [5, 5.41) is 1.15. The molecule has 0 aliphatic carbocycles. The van der Waals surface area contributed by atoms with Crippen molar-refractivity contribution < 1.29 is 14.3 Å². The number of nitrogens with zero attached hydrogens (tertiary/aromatic N) is 2. The lowest BCUT2D eigenvalue weighted by Crippen LogP contribution is -2.67. The van der Waals surface area contributed by atoms with Crippen LogP contribution in [0.2, 0.25) is 0 Å². The first-order valence-corrected chi connectivity index (χ1v) is 8.76. The number of methoxy groups -OCH3 is 1. The zero-order chi connectivity index (χ0) is 17.6. The van der Waals surface area contributed by atoms with Crippen molar-refractivity contribution in [2.45, 2.75) is 25.3 Å². The molecule has 4 rings (SSSR count). The van der Waals surface area contributed by atoms with Crippen LogP contribution in [0, 0.1) is 0 Å². The van der Waals surface area contributed by atoms with E-state index in [-0.39, 0.29) is 18.4 Å². The number of nitrogens with one attached hydrogen (secondary N) is 1. The monoisotopic (exact) mass is 341 g/mol. The van der Waals surface area contributed by atoms with Crippen LogP contribution in [0.25, 0.3) is 10.9 Å². The Hall–Kier alpha value is -2.34. The van der Waals surface area contributed by atoms with Crippen molar-refractivity contribution in [1.29, 1.82) is 0 Å². The van der Waals surface area contributed by atoms with Crippen molar-refractivity contribution in [3.63, 3.8) is 0 Å². The highest BCUT2D eigenvalue weighted by molar-refractivity contribution is 6.00. The number of aromatic amines is 1. The van der Waals surface area contributed by atoms with E-state index in [1.807, 2.05) is 25.1 Å². The fourth-order valence-corrected chi connectivity index (χ4v) is 4.26. The van der Waals surface area contributed by atoms with Crippen LogP contribution in [0.5, 0.6) is 0 Å². The van der Waals surface area contributed by atoms with E-state index in [4.69, 9.17) is 4.74 Å². The van der Waals surface area contributed by atoms with E-state index in [1.165, 1.54) is 0 Å². The second-order valence-electron chi connectivity index (χ2n) is 6.96. The van der Waals surface area contributed by atoms with E-state index in [0.717, 1.165) is 35.0 Å². The Morgan fingerprint density at radius 3 is 2.88 bits per heavy atom. The zero-order valence-corrected chi connectivity index (χ0v) is 14.7. The van der Waals surface area contributed by atoms with Gasteiger partial charge in [-0.1, -0.05) is 18.2 Å². The highest BCUT2D eigenvalue weighted by atomic mass is 16.5. The number of hydrogen-bond acceptors (Lipinski definition) is 3. The van der Waals surface area contributed by atoms with E-state index in [9.17, 15) is 9.59 Å². The molecule has 6 heteroatoms. The third-order valence-corrected chi connectivity index (χ3v) is 5.53. The lowest BCUT2D eigenvalue weighted by atomic mass is 9.83. The van der Waals surface area contributed by atoms with Gasteiger partial charge in [-0.15, -0.1) is 0 Å². The Morgan fingerprint density at radius 1 is 1.28 bits per heavy atom. The minimum Gasteiger partial charge on any atom is -0.385 e. The Labute approximate surface area is 146 Å². The first-order valence-electron chi connectivity index (χ1n) is 8.76. The van der Waals surface area contributed by atoms with Crippen LogP contribution in [0.15, 0.2) is 24.3 Å². The molecule has 0 radical (unpaired) electrons. The number of carbonyl (C=O) groups excluding carboxylic acids is 2. The largest absolute Gasteiger partial charge is 0.385 e. The van der Waals surface area contributed by atoms with Crippen molar-refractivity contribution in [3.05, 3.63) is 35.5 Å². The normalized spacial score (nSPS) is 23.1. The van der Waals surface area contributed by atoms with Crippen molar-refractivity contribution >= 4 is 22.7 Å². The molecular weight excluding hydrogens is 318 g/mol. The second kappa shape index (κ2) is 5.88. The highest BCUT2D eigenvalue weighted by Crippen LogP contribution is 2.41. The molecule has 2 aliphatic heterocycles. The summed E-state index contributed by atoms with van der Waals surface area (Å²) in [6.07, 6.45) is 1.50. The minimum atomic E-state index is -0.949. The molecule has 1 fully saturated rings. The first-order chi connectivity index (χ1) is 12.1. The Kier molecular flexibility index (Phi) is 3.80. The van der Waals surface area contributed by atoms with Gasteiger partial charge in [0.1, 0.15) is 0 Å². The summed E-state index contributed by atoms with van der Waals surface area (Å²) in [5.74, 6) is 0.0135. The van der Waals surface area contributed by atoms with Crippen LogP contribution in [-0.4, -0.2) is 59.9 Å². The maximum absolute atomic E-state index is 13.3. The number of carbonyl (C=O) groups is 2. The van der Waals surface area contributed by atoms with E-state index in [1.54, 1.807) is 16.9 Å². The molecule has 0 bridgehead atoms. The number of amides is 2. The van der Waals surface area contributed by atoms with Gasteiger partial charge in [0, 0.05) is 37.7 Å². The number of H-pyrrole nitrogens is 1. The molecule has 1 aromatic heterocycles. The van der Waals surface area contributed by atoms with Gasteiger partial charge in [-0.2, -0.15) is 0 Å². The molecular formula is C19H23N3O3. The van der Waals surface area contributed by atoms with Gasteiger partial charge >= 0.3 is 0 Å². The third-order valence-electron chi connectivity index (χ3n) is 5.53. The third kappa shape index (κ3) is 2.28. The number of hydrogen-bond donors (Lipinski definition) is 1. The number of rotatable bonds is 4. The van der Waals surface area contributed by atoms with Crippen molar-refractivity contribution in [1.82, 2.24) is 14.8 Å². The van der Waals surface area contributed by atoms with Gasteiger partial charge in [0.05, 0.1) is 12.2 Å². The summed E-state index contributed by atoms with van der Waals surface area (Å²) in [6, 6.07) is 8.09. The molecule has 1 saturated heterocycles. The SMILES string of the molecule is COCCCN1CC(=O)N2CCc3c([nH]c4ccccc34)C2(C)C1=O. The number of benzene rings is 1. The molecule has 1 unspecified atom stereocenters. The van der Waals surface area contributed by atoms with Gasteiger partial charge in [0.2, 0.25) is 5.91 Å². The van der Waals surface area contributed by atoms with E-state index in [2.05, 4.69) is 11.1 Å². The number of piperazine rings is 1. The second-order valence-corrected chi connectivity index (χ2v) is 6.96. The molecule has 6 nitrogen and oxygen atoms in total. The average Bonchev–Trinajstić information content (AvgIpc) is 3.00. The van der Waals surface area contributed by atoms with Crippen LogP contribution in [-0.2, 0) is 26.3 Å². The van der Waals surface area contributed by atoms with Gasteiger partial charge in [-0.3, -0.25) is 9.59 Å². The molecule has 1 atom stereocenters. The fourth-order valence-electron chi connectivity index (χ4n) is 4.26. The van der Waals surface area contributed by atoms with E-state index in [0.29, 0.717) is 19.7 Å². The fraction of sp³-hybridized carbons (Fsp3) is 0.474. The minimum absolute atomic E-state index is 0.00397. The van der Waals surface area contributed by atoms with Crippen molar-refractivity contribution in [2.75, 3.05) is 33.4 Å². The molecule has 132 valence electrons. The van der Waals surface area contributed by atoms with Gasteiger partial charge in [0.25, 0.3) is 5.91 Å². The maximum Gasteiger partial charge on any atom is 0.254 e. The first kappa shape index (κ1) is 16.1. The lowest BCUT2D eigenvalue weighted by molar-refractivity contribution is -0.166. The van der Waals surface area contributed by atoms with Gasteiger partial charge in [-0.25, -0.2) is 0 Å². The highest BCUT2D eigenvalue weighted by Gasteiger charge is 2.53. The van der Waals surface area contributed by atoms with Crippen LogP contribution in [0.1, 0.15) is 24.6 Å². The predicted octanol–water partition coefficient (Wildman–Crippen LogP) is 1.65. The van der Waals surface area contributed by atoms with Crippen molar-refractivity contribution in [2.24, 2.45) is 0 Å². The topological polar surface area (TPSA) is 65.6 Å². The summed E-state index contributed by atoms with van der Waals surface area (Å²) in [4.78, 5) is 32.9. The molecule has 1 aromatic carbocycles. The maximum atomic E-state index is 13.3. The Bertz CT molecular complexity index is 844. The van der Waals surface area contributed by atoms with Crippen LogP contribution in [0.3, 0.4) is 0 Å². The summed E-state index contributed by atoms with van der Waals surface area (Å²) in [7, 11) is 1.64. The van der Waals surface area contributed by atoms with E-state index < -0.39 is 5.54 Å². The molecule has 25 heavy (non-hydrogen) atoms. The van der Waals surface area contributed by atoms with Crippen molar-refractivity contribution in [3.8, 4) is 0 Å². The summed E-state index contributed by atoms with van der Waals surface area (Å²) >= 11 is 0. The van der Waals surface area contributed by atoms with Crippen LogP contribution >= 0.6 is 0 Å².